The first-order valence-electron chi connectivity index (χ1n) is 8.45. The molecule has 1 atom stereocenters. The molecule has 2 aromatic heterocycles. The van der Waals surface area contributed by atoms with Crippen LogP contribution in [-0.4, -0.2) is 49.6 Å². The standard InChI is InChI=1S/C16H22N6O3/c1-2-22-7-5-13(20-22)19-14(23)8-11-4-3-6-21(10-11)15(24)12-9-17-16(25)18-12/h5,7,9,11H,2-4,6,8,10H2,1H3,(H2,17,18,25)(H,19,20,23)/t11-/m0/s1. The highest BCUT2D eigenvalue weighted by Gasteiger charge is 2.27. The van der Waals surface area contributed by atoms with Crippen LogP contribution in [0.15, 0.2) is 23.3 Å². The van der Waals surface area contributed by atoms with Crippen molar-refractivity contribution in [3.8, 4) is 0 Å². The Morgan fingerprint density at radius 3 is 2.96 bits per heavy atom. The lowest BCUT2D eigenvalue weighted by Crippen LogP contribution is -2.41. The molecule has 0 bridgehead atoms. The molecule has 0 spiro atoms. The second kappa shape index (κ2) is 7.37. The number of carbonyl (C=O) groups is 2. The average Bonchev–Trinajstić information content (AvgIpc) is 3.23. The van der Waals surface area contributed by atoms with E-state index in [0.717, 1.165) is 19.4 Å². The van der Waals surface area contributed by atoms with Crippen molar-refractivity contribution in [1.82, 2.24) is 24.6 Å². The van der Waals surface area contributed by atoms with Gasteiger partial charge >= 0.3 is 5.69 Å². The molecule has 134 valence electrons. The normalized spacial score (nSPS) is 17.5. The van der Waals surface area contributed by atoms with Gasteiger partial charge in [0, 0.05) is 44.5 Å². The zero-order chi connectivity index (χ0) is 17.8. The highest BCUT2D eigenvalue weighted by molar-refractivity contribution is 5.92. The molecule has 3 N–H and O–H groups in total. The smallest absolute Gasteiger partial charge is 0.323 e. The highest BCUT2D eigenvalue weighted by Crippen LogP contribution is 2.21. The minimum atomic E-state index is -0.400. The number of carbonyl (C=O) groups excluding carboxylic acids is 2. The molecule has 25 heavy (non-hydrogen) atoms. The maximum atomic E-state index is 12.4. The lowest BCUT2D eigenvalue weighted by Gasteiger charge is -2.32. The Bertz CT molecular complexity index is 805. The summed E-state index contributed by atoms with van der Waals surface area (Å²) in [6.07, 6.45) is 5.26. The van der Waals surface area contributed by atoms with Gasteiger partial charge in [-0.1, -0.05) is 0 Å². The average molecular weight is 346 g/mol. The van der Waals surface area contributed by atoms with Gasteiger partial charge < -0.3 is 20.2 Å². The number of nitrogens with zero attached hydrogens (tertiary/aromatic N) is 3. The van der Waals surface area contributed by atoms with Crippen LogP contribution < -0.4 is 11.0 Å². The van der Waals surface area contributed by atoms with Gasteiger partial charge in [0.05, 0.1) is 0 Å². The largest absolute Gasteiger partial charge is 0.337 e. The molecule has 2 amide bonds. The topological polar surface area (TPSA) is 116 Å². The molecule has 1 saturated heterocycles. The first-order valence-corrected chi connectivity index (χ1v) is 8.45. The number of H-pyrrole nitrogens is 2. The molecular weight excluding hydrogens is 324 g/mol. The van der Waals surface area contributed by atoms with Crippen molar-refractivity contribution < 1.29 is 9.59 Å². The van der Waals surface area contributed by atoms with E-state index < -0.39 is 5.69 Å². The maximum Gasteiger partial charge on any atom is 0.323 e. The summed E-state index contributed by atoms with van der Waals surface area (Å²) >= 11 is 0. The molecule has 1 fully saturated rings. The number of anilines is 1. The van der Waals surface area contributed by atoms with E-state index in [4.69, 9.17) is 0 Å². The number of piperidine rings is 1. The molecule has 0 unspecified atom stereocenters. The summed E-state index contributed by atoms with van der Waals surface area (Å²) in [5.41, 5.74) is -0.150. The van der Waals surface area contributed by atoms with Crippen LogP contribution in [0.25, 0.3) is 0 Å². The summed E-state index contributed by atoms with van der Waals surface area (Å²) in [7, 11) is 0. The SMILES string of the molecule is CCn1ccc(NC(=O)C[C@@H]2CCCN(C(=O)c3c[nH]c(=O)[nH]3)C2)n1. The third-order valence-electron chi connectivity index (χ3n) is 4.34. The van der Waals surface area contributed by atoms with Gasteiger partial charge in [0.1, 0.15) is 5.69 Å². The van der Waals surface area contributed by atoms with Crippen LogP contribution in [0.4, 0.5) is 5.82 Å². The van der Waals surface area contributed by atoms with Crippen molar-refractivity contribution in [2.45, 2.75) is 32.7 Å². The lowest BCUT2D eigenvalue weighted by atomic mass is 9.94. The van der Waals surface area contributed by atoms with Crippen molar-refractivity contribution in [3.05, 3.63) is 34.6 Å². The van der Waals surface area contributed by atoms with E-state index >= 15 is 0 Å². The number of aromatic amines is 2. The number of hydrogen-bond donors (Lipinski definition) is 3. The van der Waals surface area contributed by atoms with Gasteiger partial charge in [0.2, 0.25) is 5.91 Å². The predicted molar refractivity (Wildman–Crippen MR) is 91.2 cm³/mol. The molecular formula is C16H22N6O3. The van der Waals surface area contributed by atoms with Crippen LogP contribution in [0.3, 0.4) is 0 Å². The molecule has 1 aliphatic rings. The molecule has 9 heteroatoms. The second-order valence-corrected chi connectivity index (χ2v) is 6.22. The summed E-state index contributed by atoms with van der Waals surface area (Å²) in [4.78, 5) is 42.3. The third-order valence-corrected chi connectivity index (χ3v) is 4.34. The van der Waals surface area contributed by atoms with Crippen LogP contribution in [-0.2, 0) is 11.3 Å². The number of aryl methyl sites for hydroxylation is 1. The Kier molecular flexibility index (Phi) is 5.01. The highest BCUT2D eigenvalue weighted by atomic mass is 16.2. The van der Waals surface area contributed by atoms with E-state index in [-0.39, 0.29) is 23.4 Å². The van der Waals surface area contributed by atoms with Crippen molar-refractivity contribution in [2.75, 3.05) is 18.4 Å². The molecule has 9 nitrogen and oxygen atoms in total. The van der Waals surface area contributed by atoms with E-state index in [9.17, 15) is 14.4 Å². The zero-order valence-electron chi connectivity index (χ0n) is 14.1. The molecule has 0 aliphatic carbocycles. The van der Waals surface area contributed by atoms with Crippen LogP contribution in [0.1, 0.15) is 36.7 Å². The van der Waals surface area contributed by atoms with Crippen molar-refractivity contribution in [1.29, 1.82) is 0 Å². The van der Waals surface area contributed by atoms with Crippen molar-refractivity contribution in [2.24, 2.45) is 5.92 Å². The molecule has 2 aromatic rings. The molecule has 3 rings (SSSR count). The Morgan fingerprint density at radius 2 is 2.28 bits per heavy atom. The second-order valence-electron chi connectivity index (χ2n) is 6.22. The fourth-order valence-electron chi connectivity index (χ4n) is 3.09. The number of rotatable bonds is 5. The van der Waals surface area contributed by atoms with E-state index in [1.807, 2.05) is 13.1 Å². The summed E-state index contributed by atoms with van der Waals surface area (Å²) in [6, 6.07) is 1.76. The number of hydrogen-bond acceptors (Lipinski definition) is 4. The van der Waals surface area contributed by atoms with Gasteiger partial charge in [0.25, 0.3) is 5.91 Å². The van der Waals surface area contributed by atoms with Gasteiger partial charge in [-0.2, -0.15) is 5.10 Å². The van der Waals surface area contributed by atoms with Crippen LogP contribution >= 0.6 is 0 Å². The summed E-state index contributed by atoms with van der Waals surface area (Å²) in [5.74, 6) is 0.318. The van der Waals surface area contributed by atoms with E-state index in [1.54, 1.807) is 15.6 Å². The Labute approximate surface area is 144 Å². The summed E-state index contributed by atoms with van der Waals surface area (Å²) in [6.45, 7) is 3.86. The van der Waals surface area contributed by atoms with E-state index in [0.29, 0.717) is 25.3 Å². The van der Waals surface area contributed by atoms with Gasteiger partial charge in [-0.3, -0.25) is 14.3 Å². The minimum Gasteiger partial charge on any atom is -0.337 e. The molecule has 0 aromatic carbocycles. The number of imidazole rings is 1. The first kappa shape index (κ1) is 17.0. The quantitative estimate of drug-likeness (QED) is 0.742. The molecule has 0 radical (unpaired) electrons. The number of aromatic nitrogens is 4. The fraction of sp³-hybridized carbons (Fsp3) is 0.500. The molecule has 3 heterocycles. The first-order chi connectivity index (χ1) is 12.0. The maximum absolute atomic E-state index is 12.4. The molecule has 1 aliphatic heterocycles. The summed E-state index contributed by atoms with van der Waals surface area (Å²) in [5, 5.41) is 7.03. The molecule has 0 saturated carbocycles. The van der Waals surface area contributed by atoms with Gasteiger partial charge in [0.15, 0.2) is 5.82 Å². The number of amides is 2. The van der Waals surface area contributed by atoms with Gasteiger partial charge in [-0.05, 0) is 25.7 Å². The van der Waals surface area contributed by atoms with Crippen LogP contribution in [0, 0.1) is 5.92 Å². The number of nitrogens with one attached hydrogen (secondary N) is 3. The fourth-order valence-corrected chi connectivity index (χ4v) is 3.09. The zero-order valence-corrected chi connectivity index (χ0v) is 14.1. The third kappa shape index (κ3) is 4.17. The van der Waals surface area contributed by atoms with E-state index in [1.165, 1.54) is 6.20 Å². The van der Waals surface area contributed by atoms with Crippen LogP contribution in [0.5, 0.6) is 0 Å². The van der Waals surface area contributed by atoms with Crippen molar-refractivity contribution >= 4 is 17.6 Å². The monoisotopic (exact) mass is 346 g/mol. The number of likely N-dealkylation sites (tertiary alicyclic amines) is 1. The van der Waals surface area contributed by atoms with Gasteiger partial charge in [-0.15, -0.1) is 0 Å². The Hall–Kier alpha value is -2.84. The summed E-state index contributed by atoms with van der Waals surface area (Å²) < 4.78 is 1.74. The predicted octanol–water partition coefficient (Wildman–Crippen LogP) is 0.800. The van der Waals surface area contributed by atoms with E-state index in [2.05, 4.69) is 20.4 Å². The van der Waals surface area contributed by atoms with Crippen LogP contribution in [0.2, 0.25) is 0 Å². The Morgan fingerprint density at radius 1 is 1.44 bits per heavy atom. The van der Waals surface area contributed by atoms with Crippen molar-refractivity contribution in [3.63, 3.8) is 0 Å². The van der Waals surface area contributed by atoms with Gasteiger partial charge in [-0.25, -0.2) is 4.79 Å². The minimum absolute atomic E-state index is 0.0941. The lowest BCUT2D eigenvalue weighted by molar-refractivity contribution is -0.117. The Balaban J connectivity index is 1.55.